The van der Waals surface area contributed by atoms with Gasteiger partial charge in [-0.15, -0.1) is 0 Å². The zero-order chi connectivity index (χ0) is 11.5. The van der Waals surface area contributed by atoms with Crippen molar-refractivity contribution in [1.82, 2.24) is 5.43 Å². The normalized spacial score (nSPS) is 15.2. The summed E-state index contributed by atoms with van der Waals surface area (Å²) in [4.78, 5) is 11.2. The Morgan fingerprint density at radius 2 is 2.19 bits per heavy atom. The van der Waals surface area contributed by atoms with E-state index < -0.39 is 0 Å². The number of benzene rings is 1. The average molecular weight is 220 g/mol. The van der Waals surface area contributed by atoms with E-state index in [0.717, 1.165) is 12.8 Å². The van der Waals surface area contributed by atoms with Gasteiger partial charge >= 0.3 is 0 Å². The van der Waals surface area contributed by atoms with E-state index in [-0.39, 0.29) is 23.3 Å². The van der Waals surface area contributed by atoms with Crippen LogP contribution in [-0.2, 0) is 4.79 Å². The average Bonchev–Trinajstić information content (AvgIpc) is 3.04. The lowest BCUT2D eigenvalue weighted by Crippen LogP contribution is -2.18. The van der Waals surface area contributed by atoms with Crippen molar-refractivity contribution in [3.63, 3.8) is 0 Å². The highest BCUT2D eigenvalue weighted by Crippen LogP contribution is 2.28. The van der Waals surface area contributed by atoms with Gasteiger partial charge in [-0.25, -0.2) is 5.43 Å². The number of aromatic hydroxyl groups is 2. The number of phenolic OH excluding ortho intramolecular Hbond substituents is 2. The van der Waals surface area contributed by atoms with E-state index in [1.54, 1.807) is 0 Å². The molecule has 0 unspecified atom stereocenters. The maximum atomic E-state index is 11.2. The summed E-state index contributed by atoms with van der Waals surface area (Å²) in [5.74, 6) is -0.0823. The third-order valence-corrected chi connectivity index (χ3v) is 2.34. The first-order chi connectivity index (χ1) is 7.66. The Morgan fingerprint density at radius 3 is 2.81 bits per heavy atom. The highest BCUT2D eigenvalue weighted by atomic mass is 16.3. The van der Waals surface area contributed by atoms with Crippen molar-refractivity contribution in [3.8, 4) is 11.5 Å². The van der Waals surface area contributed by atoms with Crippen molar-refractivity contribution in [2.75, 3.05) is 0 Å². The van der Waals surface area contributed by atoms with Crippen LogP contribution in [-0.4, -0.2) is 22.3 Å². The van der Waals surface area contributed by atoms with Gasteiger partial charge in [-0.3, -0.25) is 4.79 Å². The minimum Gasteiger partial charge on any atom is -0.508 e. The Bertz CT molecular complexity index is 439. The van der Waals surface area contributed by atoms with Gasteiger partial charge in [0.15, 0.2) is 0 Å². The van der Waals surface area contributed by atoms with Crippen molar-refractivity contribution >= 4 is 12.1 Å². The van der Waals surface area contributed by atoms with Crippen LogP contribution in [0.3, 0.4) is 0 Å². The number of rotatable bonds is 3. The van der Waals surface area contributed by atoms with Crippen molar-refractivity contribution in [2.24, 2.45) is 11.0 Å². The first-order valence-electron chi connectivity index (χ1n) is 5.02. The molecule has 16 heavy (non-hydrogen) atoms. The predicted octanol–water partition coefficient (Wildman–Crippen LogP) is 0.958. The molecule has 0 heterocycles. The van der Waals surface area contributed by atoms with Gasteiger partial charge < -0.3 is 10.2 Å². The van der Waals surface area contributed by atoms with E-state index in [9.17, 15) is 9.90 Å². The van der Waals surface area contributed by atoms with Crippen LogP contribution < -0.4 is 5.43 Å². The zero-order valence-corrected chi connectivity index (χ0v) is 8.55. The standard InChI is InChI=1S/C11H12N2O3/c14-9-4-3-8(10(15)5-9)6-12-13-11(16)7-1-2-7/h3-7,14-15H,1-2H2,(H,13,16)/b12-6+. The molecular formula is C11H12N2O3. The number of nitrogens with one attached hydrogen (secondary N) is 1. The maximum Gasteiger partial charge on any atom is 0.243 e. The molecule has 1 fully saturated rings. The Kier molecular flexibility index (Phi) is 2.76. The van der Waals surface area contributed by atoms with Crippen LogP contribution in [0.15, 0.2) is 23.3 Å². The van der Waals surface area contributed by atoms with E-state index >= 15 is 0 Å². The molecular weight excluding hydrogens is 208 g/mol. The lowest BCUT2D eigenvalue weighted by molar-refractivity contribution is -0.122. The summed E-state index contributed by atoms with van der Waals surface area (Å²) in [6, 6.07) is 4.16. The molecule has 2 rings (SSSR count). The Morgan fingerprint density at radius 1 is 1.44 bits per heavy atom. The van der Waals surface area contributed by atoms with E-state index in [1.165, 1.54) is 24.4 Å². The topological polar surface area (TPSA) is 81.9 Å². The number of carbonyl (C=O) groups is 1. The lowest BCUT2D eigenvalue weighted by atomic mass is 10.2. The van der Waals surface area contributed by atoms with Gasteiger partial charge in [-0.05, 0) is 25.0 Å². The number of hydrogen-bond acceptors (Lipinski definition) is 4. The van der Waals surface area contributed by atoms with E-state index in [0.29, 0.717) is 5.56 Å². The Hall–Kier alpha value is -2.04. The molecule has 0 spiro atoms. The van der Waals surface area contributed by atoms with Crippen LogP contribution in [0.2, 0.25) is 0 Å². The summed E-state index contributed by atoms with van der Waals surface area (Å²) in [7, 11) is 0. The first-order valence-corrected chi connectivity index (χ1v) is 5.02. The minimum absolute atomic E-state index is 0.0170. The molecule has 0 radical (unpaired) electrons. The molecule has 5 heteroatoms. The zero-order valence-electron chi connectivity index (χ0n) is 8.55. The van der Waals surface area contributed by atoms with Crippen LogP contribution in [0.4, 0.5) is 0 Å². The second-order valence-electron chi connectivity index (χ2n) is 3.75. The molecule has 1 aromatic carbocycles. The predicted molar refractivity (Wildman–Crippen MR) is 58.2 cm³/mol. The van der Waals surface area contributed by atoms with Gasteiger partial charge in [0.25, 0.3) is 0 Å². The number of amides is 1. The molecule has 1 amide bonds. The molecule has 0 atom stereocenters. The summed E-state index contributed by atoms with van der Waals surface area (Å²) < 4.78 is 0. The molecule has 1 aliphatic carbocycles. The van der Waals surface area contributed by atoms with E-state index in [1.807, 2.05) is 0 Å². The number of phenols is 2. The second kappa shape index (κ2) is 4.22. The highest BCUT2D eigenvalue weighted by Gasteiger charge is 2.29. The Labute approximate surface area is 92.4 Å². The van der Waals surface area contributed by atoms with Crippen molar-refractivity contribution in [1.29, 1.82) is 0 Å². The van der Waals surface area contributed by atoms with Gasteiger partial charge in [0.2, 0.25) is 5.91 Å². The fourth-order valence-electron chi connectivity index (χ4n) is 1.24. The van der Waals surface area contributed by atoms with Gasteiger partial charge in [-0.1, -0.05) is 0 Å². The third kappa shape index (κ3) is 2.50. The van der Waals surface area contributed by atoms with Crippen LogP contribution in [0.1, 0.15) is 18.4 Å². The van der Waals surface area contributed by atoms with Crippen LogP contribution >= 0.6 is 0 Å². The summed E-state index contributed by atoms with van der Waals surface area (Å²) in [6.45, 7) is 0. The summed E-state index contributed by atoms with van der Waals surface area (Å²) in [5, 5.41) is 22.2. The van der Waals surface area contributed by atoms with Gasteiger partial charge in [0.05, 0.1) is 6.21 Å². The van der Waals surface area contributed by atoms with Crippen LogP contribution in [0, 0.1) is 5.92 Å². The van der Waals surface area contributed by atoms with E-state index in [4.69, 9.17) is 5.11 Å². The highest BCUT2D eigenvalue weighted by molar-refractivity contribution is 5.86. The number of nitrogens with zero attached hydrogens (tertiary/aromatic N) is 1. The lowest BCUT2D eigenvalue weighted by Gasteiger charge is -1.99. The SMILES string of the molecule is O=C(N/N=C/c1ccc(O)cc1O)C1CC1. The molecule has 1 aromatic rings. The smallest absolute Gasteiger partial charge is 0.243 e. The maximum absolute atomic E-state index is 11.2. The summed E-state index contributed by atoms with van der Waals surface area (Å²) >= 11 is 0. The summed E-state index contributed by atoms with van der Waals surface area (Å²) in [5.41, 5.74) is 2.83. The fourth-order valence-corrected chi connectivity index (χ4v) is 1.24. The molecule has 3 N–H and O–H groups in total. The molecule has 1 aliphatic rings. The van der Waals surface area contributed by atoms with Crippen molar-refractivity contribution < 1.29 is 15.0 Å². The molecule has 5 nitrogen and oxygen atoms in total. The van der Waals surface area contributed by atoms with Gasteiger partial charge in [-0.2, -0.15) is 5.10 Å². The second-order valence-corrected chi connectivity index (χ2v) is 3.75. The van der Waals surface area contributed by atoms with Crippen molar-refractivity contribution in [3.05, 3.63) is 23.8 Å². The molecule has 1 saturated carbocycles. The molecule has 0 aliphatic heterocycles. The largest absolute Gasteiger partial charge is 0.508 e. The molecule has 84 valence electrons. The van der Waals surface area contributed by atoms with Crippen molar-refractivity contribution in [2.45, 2.75) is 12.8 Å². The number of hydrogen-bond donors (Lipinski definition) is 3. The first kappa shape index (κ1) is 10.5. The quantitative estimate of drug-likeness (QED) is 0.524. The molecule has 0 aromatic heterocycles. The van der Waals surface area contributed by atoms with E-state index in [2.05, 4.69) is 10.5 Å². The summed E-state index contributed by atoms with van der Waals surface area (Å²) in [6.07, 6.45) is 3.19. The van der Waals surface area contributed by atoms with Gasteiger partial charge in [0.1, 0.15) is 11.5 Å². The third-order valence-electron chi connectivity index (χ3n) is 2.34. The monoisotopic (exact) mass is 220 g/mol. The fraction of sp³-hybridized carbons (Fsp3) is 0.273. The van der Waals surface area contributed by atoms with Gasteiger partial charge in [0, 0.05) is 17.5 Å². The minimum atomic E-state index is -0.0884. The van der Waals surface area contributed by atoms with Crippen LogP contribution in [0.25, 0.3) is 0 Å². The molecule has 0 saturated heterocycles. The number of carbonyl (C=O) groups excluding carboxylic acids is 1. The Balaban J connectivity index is 1.97. The van der Waals surface area contributed by atoms with Crippen LogP contribution in [0.5, 0.6) is 11.5 Å². The number of hydrazone groups is 1. The molecule has 0 bridgehead atoms.